The number of rotatable bonds is 9. The summed E-state index contributed by atoms with van der Waals surface area (Å²) in [5, 5.41) is 12.5. The lowest BCUT2D eigenvalue weighted by molar-refractivity contribution is -0.136. The average Bonchev–Trinajstić information content (AvgIpc) is 3.98. The highest BCUT2D eigenvalue weighted by molar-refractivity contribution is 6.23. The fourth-order valence-corrected chi connectivity index (χ4v) is 8.57. The van der Waals surface area contributed by atoms with Gasteiger partial charge in [-0.3, -0.25) is 44.2 Å². The van der Waals surface area contributed by atoms with Gasteiger partial charge in [-0.25, -0.2) is 4.79 Å². The number of piperidine rings is 1. The standard InChI is InChI=1S/C40H46N8O7/c1-24-3-2-14-47(24)40(54)55-29-10-8-27(20-29)32-22-34(44-43-32)41-36(50)19-25-4-6-26(7-5-25)23-45-15-17-46(18-16-45)28-9-11-30-31(21-28)39(53)48(38(30)52)33-12-13-35(49)42-37(33)51/h4-7,9,11,21-22,24,27,29,33H,2-3,8,10,12-20,23H2,1H3,(H,42,49,51)(H2,41,43,44,50)/t24-,27-,29+,33?/m0/s1. The van der Waals surface area contributed by atoms with Gasteiger partial charge in [-0.15, -0.1) is 0 Å². The van der Waals surface area contributed by atoms with Gasteiger partial charge in [0.25, 0.3) is 11.8 Å². The Morgan fingerprint density at radius 2 is 1.64 bits per heavy atom. The number of piperazine rings is 1. The minimum atomic E-state index is -0.986. The molecule has 55 heavy (non-hydrogen) atoms. The smallest absolute Gasteiger partial charge is 0.410 e. The van der Waals surface area contributed by atoms with Crippen molar-refractivity contribution < 1.29 is 33.5 Å². The van der Waals surface area contributed by atoms with Gasteiger partial charge in [-0.2, -0.15) is 5.10 Å². The van der Waals surface area contributed by atoms with E-state index in [1.54, 1.807) is 12.1 Å². The van der Waals surface area contributed by atoms with E-state index in [0.717, 1.165) is 98.8 Å². The van der Waals surface area contributed by atoms with Crippen LogP contribution in [0, 0.1) is 0 Å². The molecular formula is C40H46N8O7. The fourth-order valence-electron chi connectivity index (χ4n) is 8.57. The number of hydrogen-bond donors (Lipinski definition) is 3. The van der Waals surface area contributed by atoms with E-state index in [4.69, 9.17) is 4.74 Å². The van der Waals surface area contributed by atoms with Crippen LogP contribution in [0.1, 0.15) is 95.3 Å². The molecule has 4 aliphatic heterocycles. The van der Waals surface area contributed by atoms with E-state index < -0.39 is 29.7 Å². The van der Waals surface area contributed by atoms with Gasteiger partial charge in [0.15, 0.2) is 5.82 Å². The molecule has 4 fully saturated rings. The zero-order chi connectivity index (χ0) is 38.2. The van der Waals surface area contributed by atoms with Crippen molar-refractivity contribution in [2.45, 2.75) is 88.9 Å². The van der Waals surface area contributed by atoms with Crippen molar-refractivity contribution in [1.82, 2.24) is 30.2 Å². The van der Waals surface area contributed by atoms with E-state index in [9.17, 15) is 28.8 Å². The summed E-state index contributed by atoms with van der Waals surface area (Å²) in [4.78, 5) is 83.2. The van der Waals surface area contributed by atoms with Gasteiger partial charge < -0.3 is 19.9 Å². The Morgan fingerprint density at radius 1 is 0.873 bits per heavy atom. The second-order valence-corrected chi connectivity index (χ2v) is 15.4. The van der Waals surface area contributed by atoms with E-state index in [1.165, 1.54) is 0 Å². The highest BCUT2D eigenvalue weighted by Gasteiger charge is 2.45. The maximum Gasteiger partial charge on any atom is 0.410 e. The maximum absolute atomic E-state index is 13.3. The molecule has 0 bridgehead atoms. The van der Waals surface area contributed by atoms with Crippen molar-refractivity contribution in [1.29, 1.82) is 0 Å². The predicted molar refractivity (Wildman–Crippen MR) is 200 cm³/mol. The molecule has 1 saturated carbocycles. The van der Waals surface area contributed by atoms with Crippen LogP contribution in [0.5, 0.6) is 0 Å². The normalized spacial score (nSPS) is 24.3. The van der Waals surface area contributed by atoms with Gasteiger partial charge in [0.1, 0.15) is 12.1 Å². The molecule has 0 spiro atoms. The molecule has 3 saturated heterocycles. The number of amides is 6. The number of aromatic amines is 1. The van der Waals surface area contributed by atoms with Crippen molar-refractivity contribution in [3.63, 3.8) is 0 Å². The van der Waals surface area contributed by atoms with Crippen LogP contribution in [-0.2, 0) is 32.1 Å². The van der Waals surface area contributed by atoms with Crippen LogP contribution in [0.4, 0.5) is 16.3 Å². The predicted octanol–water partition coefficient (Wildman–Crippen LogP) is 3.57. The van der Waals surface area contributed by atoms with E-state index in [-0.39, 0.29) is 60.5 Å². The number of carbonyl (C=O) groups is 6. The summed E-state index contributed by atoms with van der Waals surface area (Å²) < 4.78 is 5.81. The number of anilines is 2. The summed E-state index contributed by atoms with van der Waals surface area (Å²) in [6.07, 6.45) is 4.58. The Kier molecular flexibility index (Phi) is 10.1. The van der Waals surface area contributed by atoms with Gasteiger partial charge in [0.2, 0.25) is 17.7 Å². The molecule has 3 aromatic rings. The van der Waals surface area contributed by atoms with Crippen molar-refractivity contribution in [2.75, 3.05) is 42.9 Å². The van der Waals surface area contributed by atoms with Crippen molar-refractivity contribution in [3.05, 3.63) is 76.5 Å². The molecule has 288 valence electrons. The largest absolute Gasteiger partial charge is 0.446 e. The summed E-state index contributed by atoms with van der Waals surface area (Å²) in [7, 11) is 0. The molecule has 3 N–H and O–H groups in total. The number of carbonyl (C=O) groups excluding carboxylic acids is 6. The molecule has 2 aromatic carbocycles. The summed E-state index contributed by atoms with van der Waals surface area (Å²) in [6.45, 7) is 6.65. The van der Waals surface area contributed by atoms with Gasteiger partial charge in [-0.1, -0.05) is 24.3 Å². The van der Waals surface area contributed by atoms with E-state index in [0.29, 0.717) is 5.82 Å². The molecule has 1 unspecified atom stereocenters. The summed E-state index contributed by atoms with van der Waals surface area (Å²) in [5.74, 6) is -1.51. The summed E-state index contributed by atoms with van der Waals surface area (Å²) in [5.41, 5.74) is 4.37. The molecule has 4 atom stereocenters. The number of H-pyrrole nitrogens is 1. The fraction of sp³-hybridized carbons (Fsp3) is 0.475. The lowest BCUT2D eigenvalue weighted by atomic mass is 10.0. The molecule has 5 aliphatic rings. The van der Waals surface area contributed by atoms with Crippen LogP contribution >= 0.6 is 0 Å². The third kappa shape index (κ3) is 7.70. The first-order valence-corrected chi connectivity index (χ1v) is 19.3. The summed E-state index contributed by atoms with van der Waals surface area (Å²) >= 11 is 0. The molecule has 1 aromatic heterocycles. The molecule has 15 heteroatoms. The molecule has 15 nitrogen and oxygen atoms in total. The van der Waals surface area contributed by atoms with E-state index in [1.807, 2.05) is 41.3 Å². The molecule has 5 heterocycles. The minimum Gasteiger partial charge on any atom is -0.446 e. The summed E-state index contributed by atoms with van der Waals surface area (Å²) in [6, 6.07) is 14.4. The van der Waals surface area contributed by atoms with Crippen LogP contribution in [0.15, 0.2) is 48.5 Å². The Morgan fingerprint density at radius 3 is 2.38 bits per heavy atom. The molecule has 0 radical (unpaired) electrons. The van der Waals surface area contributed by atoms with Gasteiger partial charge in [0, 0.05) is 75.1 Å². The second kappa shape index (κ2) is 15.3. The van der Waals surface area contributed by atoms with Crippen molar-refractivity contribution in [3.8, 4) is 0 Å². The molecular weight excluding hydrogens is 704 g/mol. The average molecular weight is 751 g/mol. The second-order valence-electron chi connectivity index (χ2n) is 15.4. The number of ether oxygens (including phenoxy) is 1. The number of benzene rings is 2. The monoisotopic (exact) mass is 750 g/mol. The van der Waals surface area contributed by atoms with Crippen LogP contribution in [0.3, 0.4) is 0 Å². The first-order chi connectivity index (χ1) is 26.6. The zero-order valence-corrected chi connectivity index (χ0v) is 30.9. The number of nitrogens with one attached hydrogen (secondary N) is 3. The SMILES string of the molecule is C[C@H]1CCCN1C(=O)O[C@@H]1CC[C@H](c2cc(NC(=O)Cc3ccc(CN4CCN(c5ccc6c(c5)C(=O)N(C5CCC(=O)NC5=O)C6=O)CC4)cc3)n[nH]2)C1. The highest BCUT2D eigenvalue weighted by atomic mass is 16.6. The topological polar surface area (TPSA) is 177 Å². The van der Waals surface area contributed by atoms with Gasteiger partial charge >= 0.3 is 6.09 Å². The third-order valence-corrected chi connectivity index (χ3v) is 11.7. The first-order valence-electron chi connectivity index (χ1n) is 19.3. The molecule has 1 aliphatic carbocycles. The number of fused-ring (bicyclic) bond motifs is 1. The lowest BCUT2D eigenvalue weighted by Gasteiger charge is -2.36. The first kappa shape index (κ1) is 36.4. The zero-order valence-electron chi connectivity index (χ0n) is 30.9. The molecule has 8 rings (SSSR count). The van der Waals surface area contributed by atoms with Gasteiger partial charge in [0.05, 0.1) is 17.5 Å². The number of nitrogens with zero attached hydrogens (tertiary/aromatic N) is 5. The Balaban J connectivity index is 0.778. The van der Waals surface area contributed by atoms with Crippen LogP contribution < -0.4 is 15.5 Å². The third-order valence-electron chi connectivity index (χ3n) is 11.7. The number of hydrogen-bond acceptors (Lipinski definition) is 10. The number of likely N-dealkylation sites (tertiary alicyclic amines) is 1. The van der Waals surface area contributed by atoms with Crippen LogP contribution in [0.25, 0.3) is 0 Å². The number of aromatic nitrogens is 2. The van der Waals surface area contributed by atoms with Crippen LogP contribution in [-0.4, -0.2) is 111 Å². The molecule has 6 amide bonds. The van der Waals surface area contributed by atoms with E-state index in [2.05, 4.69) is 37.6 Å². The van der Waals surface area contributed by atoms with E-state index >= 15 is 0 Å². The lowest BCUT2D eigenvalue weighted by Crippen LogP contribution is -2.54. The maximum atomic E-state index is 13.3. The van der Waals surface area contributed by atoms with Gasteiger partial charge in [-0.05, 0) is 74.8 Å². The Labute approximate surface area is 318 Å². The quantitative estimate of drug-likeness (QED) is 0.274. The van der Waals surface area contributed by atoms with Crippen molar-refractivity contribution >= 4 is 47.1 Å². The Bertz CT molecular complexity index is 2010. The Hall–Kier alpha value is -5.57. The van der Waals surface area contributed by atoms with Crippen molar-refractivity contribution in [2.24, 2.45) is 0 Å². The number of imide groups is 2. The highest BCUT2D eigenvalue weighted by Crippen LogP contribution is 2.37. The van der Waals surface area contributed by atoms with Crippen LogP contribution in [0.2, 0.25) is 0 Å². The minimum absolute atomic E-state index is 0.0813.